The van der Waals surface area contributed by atoms with Crippen LogP contribution in [0.15, 0.2) is 42.6 Å². The molecule has 50 heavy (non-hydrogen) atoms. The van der Waals surface area contributed by atoms with Gasteiger partial charge in [0.15, 0.2) is 0 Å². The van der Waals surface area contributed by atoms with E-state index in [0.717, 1.165) is 23.6 Å². The Balaban J connectivity index is 1.16. The second kappa shape index (κ2) is 15.9. The molecule has 1 aliphatic heterocycles. The fourth-order valence-electron chi connectivity index (χ4n) is 5.87. The molecule has 2 saturated carbocycles. The molecular formula is C36H49N5O8S. The standard InChI is InChI=1S/C36H49N5O8S/c1-35(2,3)49-34(45)39-28(21-47-16-8-6-7-9-23-19-36(23,4)33(44)40-50-26-11-12-26)32(43)41-20-25(18-29(41)30(37)42)48-31-27-13-10-24(46-5)17-22(27)14-15-38-31/h7,9-10,13-15,17,23,25-26,28-29H,6,8,11-12,16,18-21H2,1-5H3,(H2,37,42)(H,39,45)(H,40,44)/b9-7-/t23-,25-,28+,29+,36+/m1/s1. The quantitative estimate of drug-likeness (QED) is 0.130. The number of carbonyl (C=O) groups excluding carboxylic acids is 4. The van der Waals surface area contributed by atoms with Crippen molar-refractivity contribution in [1.82, 2.24) is 19.9 Å². The fourth-order valence-corrected chi connectivity index (χ4v) is 6.75. The van der Waals surface area contributed by atoms with Crippen LogP contribution in [0.5, 0.6) is 11.6 Å². The first kappa shape index (κ1) is 37.2. The van der Waals surface area contributed by atoms with Crippen LogP contribution in [-0.4, -0.2) is 89.6 Å². The van der Waals surface area contributed by atoms with Gasteiger partial charge in [0.25, 0.3) is 0 Å². The van der Waals surface area contributed by atoms with Crippen molar-refractivity contribution in [3.8, 4) is 11.6 Å². The lowest BCUT2D eigenvalue weighted by molar-refractivity contribution is -0.140. The van der Waals surface area contributed by atoms with Crippen molar-refractivity contribution in [3.05, 3.63) is 42.6 Å². The Morgan fingerprint density at radius 3 is 2.68 bits per heavy atom. The van der Waals surface area contributed by atoms with Crippen LogP contribution < -0.4 is 25.2 Å². The first-order valence-electron chi connectivity index (χ1n) is 17.2. The number of nitrogens with one attached hydrogen (secondary N) is 2. The number of ether oxygens (including phenoxy) is 4. The number of primary amides is 1. The average molecular weight is 712 g/mol. The molecule has 4 N–H and O–H groups in total. The molecule has 2 aromatic rings. The third-order valence-corrected chi connectivity index (χ3v) is 10.2. The molecule has 1 saturated heterocycles. The van der Waals surface area contributed by atoms with Crippen molar-refractivity contribution >= 4 is 46.5 Å². The summed E-state index contributed by atoms with van der Waals surface area (Å²) >= 11 is 1.54. The summed E-state index contributed by atoms with van der Waals surface area (Å²) in [6.45, 7) is 7.41. The Bertz CT molecular complexity index is 1590. The summed E-state index contributed by atoms with van der Waals surface area (Å²) in [5.41, 5.74) is 4.61. The van der Waals surface area contributed by atoms with Crippen molar-refractivity contribution in [2.24, 2.45) is 17.1 Å². The molecule has 5 atom stereocenters. The number of hydrogen-bond donors (Lipinski definition) is 3. The first-order valence-corrected chi connectivity index (χ1v) is 18.0. The minimum absolute atomic E-state index is 0.0509. The summed E-state index contributed by atoms with van der Waals surface area (Å²) in [5.74, 6) is 0.141. The van der Waals surface area contributed by atoms with E-state index >= 15 is 0 Å². The van der Waals surface area contributed by atoms with Crippen LogP contribution >= 0.6 is 11.9 Å². The molecular weight excluding hydrogens is 662 g/mol. The summed E-state index contributed by atoms with van der Waals surface area (Å²) in [7, 11) is 1.59. The smallest absolute Gasteiger partial charge is 0.408 e. The van der Waals surface area contributed by atoms with Crippen molar-refractivity contribution in [2.45, 2.75) is 95.3 Å². The number of carbonyl (C=O) groups is 4. The van der Waals surface area contributed by atoms with Crippen LogP contribution in [0.4, 0.5) is 4.79 Å². The number of aromatic nitrogens is 1. The molecule has 0 radical (unpaired) electrons. The maximum absolute atomic E-state index is 13.9. The number of allylic oxidation sites excluding steroid dienone is 2. The van der Waals surface area contributed by atoms with Gasteiger partial charge in [0, 0.05) is 29.9 Å². The van der Waals surface area contributed by atoms with Gasteiger partial charge in [0.1, 0.15) is 29.5 Å². The Kier molecular flexibility index (Phi) is 11.8. The third-order valence-electron chi connectivity index (χ3n) is 9.05. The van der Waals surface area contributed by atoms with Crippen LogP contribution in [0.3, 0.4) is 0 Å². The van der Waals surface area contributed by atoms with E-state index in [1.807, 2.05) is 25.1 Å². The number of amides is 4. The molecule has 2 aliphatic carbocycles. The predicted octanol–water partition coefficient (Wildman–Crippen LogP) is 4.28. The predicted molar refractivity (Wildman–Crippen MR) is 189 cm³/mol. The highest BCUT2D eigenvalue weighted by Crippen LogP contribution is 2.53. The Morgan fingerprint density at radius 1 is 1.20 bits per heavy atom. The van der Waals surface area contributed by atoms with E-state index in [1.165, 1.54) is 17.7 Å². The molecule has 3 aliphatic rings. The molecule has 0 unspecified atom stereocenters. The van der Waals surface area contributed by atoms with Crippen molar-refractivity contribution in [3.63, 3.8) is 0 Å². The molecule has 1 aromatic carbocycles. The Morgan fingerprint density at radius 2 is 1.98 bits per heavy atom. The van der Waals surface area contributed by atoms with E-state index in [1.54, 1.807) is 52.1 Å². The number of hydrogen-bond acceptors (Lipinski definition) is 10. The van der Waals surface area contributed by atoms with Gasteiger partial charge in [-0.2, -0.15) is 0 Å². The number of methoxy groups -OCH3 is 1. The number of pyridine rings is 1. The highest BCUT2D eigenvalue weighted by Gasteiger charge is 2.54. The van der Waals surface area contributed by atoms with Crippen LogP contribution in [0.2, 0.25) is 0 Å². The molecule has 1 aromatic heterocycles. The first-order chi connectivity index (χ1) is 23.8. The number of fused-ring (bicyclic) bond motifs is 1. The molecule has 0 spiro atoms. The lowest BCUT2D eigenvalue weighted by Gasteiger charge is -2.28. The molecule has 272 valence electrons. The van der Waals surface area contributed by atoms with Gasteiger partial charge in [-0.25, -0.2) is 9.78 Å². The summed E-state index contributed by atoms with van der Waals surface area (Å²) in [6, 6.07) is 5.25. The van der Waals surface area contributed by atoms with E-state index in [0.29, 0.717) is 29.9 Å². The van der Waals surface area contributed by atoms with Crippen molar-refractivity contribution in [2.75, 3.05) is 26.9 Å². The number of nitrogens with zero attached hydrogens (tertiary/aromatic N) is 2. The van der Waals surface area contributed by atoms with E-state index in [9.17, 15) is 19.2 Å². The Hall–Kier alpha value is -4.04. The maximum Gasteiger partial charge on any atom is 0.408 e. The lowest BCUT2D eigenvalue weighted by Crippen LogP contribution is -2.55. The number of nitrogens with two attached hydrogens (primary N) is 1. The number of benzene rings is 1. The zero-order valence-corrected chi connectivity index (χ0v) is 30.3. The molecule has 0 bridgehead atoms. The number of likely N-dealkylation sites (tertiary alicyclic amines) is 1. The summed E-state index contributed by atoms with van der Waals surface area (Å²) in [6.07, 6.45) is 9.13. The number of alkyl carbamates (subject to hydrolysis) is 1. The van der Waals surface area contributed by atoms with Crippen molar-refractivity contribution in [1.29, 1.82) is 0 Å². The Labute approximate surface area is 297 Å². The third kappa shape index (κ3) is 9.81. The van der Waals surface area contributed by atoms with Gasteiger partial charge in [-0.15, -0.1) is 0 Å². The molecule has 2 heterocycles. The monoisotopic (exact) mass is 711 g/mol. The maximum atomic E-state index is 13.9. The highest BCUT2D eigenvalue weighted by atomic mass is 32.2. The normalized spacial score (nSPS) is 23.8. The van der Waals surface area contributed by atoms with Gasteiger partial charge in [-0.1, -0.05) is 19.1 Å². The van der Waals surface area contributed by atoms with Crippen molar-refractivity contribution < 1.29 is 38.1 Å². The largest absolute Gasteiger partial charge is 0.497 e. The van der Waals surface area contributed by atoms with Gasteiger partial charge in [-0.3, -0.25) is 19.1 Å². The van der Waals surface area contributed by atoms with Crippen LogP contribution in [0.25, 0.3) is 10.8 Å². The van der Waals surface area contributed by atoms with E-state index < -0.39 is 41.7 Å². The van der Waals surface area contributed by atoms with Gasteiger partial charge in [0.2, 0.25) is 23.6 Å². The SMILES string of the molecule is COc1ccc2c(O[C@@H]3C[C@@H](C(N)=O)N(C(=O)[C@H](COCCC/C=C\[C@@H]4C[C@]4(C)C(=O)NSC4CC4)NC(=O)OC(C)(C)C)C3)nccc2c1. The minimum atomic E-state index is -1.14. The summed E-state index contributed by atoms with van der Waals surface area (Å²) in [4.78, 5) is 57.5. The van der Waals surface area contributed by atoms with E-state index in [4.69, 9.17) is 24.7 Å². The second-order valence-corrected chi connectivity index (χ2v) is 15.5. The number of unbranched alkanes of at least 4 members (excludes halogenated alkanes) is 1. The molecule has 3 fully saturated rings. The molecule has 13 nitrogen and oxygen atoms in total. The van der Waals surface area contributed by atoms with Gasteiger partial charge >= 0.3 is 6.09 Å². The molecule has 14 heteroatoms. The van der Waals surface area contributed by atoms with E-state index in [2.05, 4.69) is 27.2 Å². The van der Waals surface area contributed by atoms with E-state index in [-0.39, 0.29) is 36.8 Å². The van der Waals surface area contributed by atoms with Crippen LogP contribution in [0, 0.1) is 11.3 Å². The summed E-state index contributed by atoms with van der Waals surface area (Å²) < 4.78 is 25.8. The second-order valence-electron chi connectivity index (χ2n) is 14.4. The molecule has 5 rings (SSSR count). The molecule has 4 amide bonds. The van der Waals surface area contributed by atoms with Crippen LogP contribution in [-0.2, 0) is 23.9 Å². The fraction of sp³-hybridized carbons (Fsp3) is 0.583. The van der Waals surface area contributed by atoms with Gasteiger partial charge < -0.3 is 34.9 Å². The average Bonchev–Trinajstić information content (AvgIpc) is 3.97. The minimum Gasteiger partial charge on any atom is -0.497 e. The zero-order chi connectivity index (χ0) is 36.1. The number of rotatable bonds is 16. The summed E-state index contributed by atoms with van der Waals surface area (Å²) in [5, 5.41) is 4.81. The lowest BCUT2D eigenvalue weighted by atomic mass is 10.1. The zero-order valence-electron chi connectivity index (χ0n) is 29.4. The topological polar surface area (TPSA) is 171 Å². The highest BCUT2D eigenvalue weighted by molar-refractivity contribution is 7.98. The van der Waals surface area contributed by atoms with Crippen LogP contribution in [0.1, 0.15) is 66.2 Å². The van der Waals surface area contributed by atoms with Gasteiger partial charge in [-0.05, 0) is 100 Å². The van der Waals surface area contributed by atoms with Gasteiger partial charge in [0.05, 0.1) is 25.7 Å².